The first-order valence-electron chi connectivity index (χ1n) is 12.9. The molecule has 4 rings (SSSR count). The Morgan fingerprint density at radius 2 is 1.79 bits per heavy atom. The fraction of sp³-hybridized carbons (Fsp3) is 0.889. The minimum absolute atomic E-state index is 0.00888. The van der Waals surface area contributed by atoms with E-state index in [0.717, 1.165) is 24.8 Å². The summed E-state index contributed by atoms with van der Waals surface area (Å²) in [5.41, 5.74) is -2.01. The van der Waals surface area contributed by atoms with Crippen molar-refractivity contribution in [3.05, 3.63) is 11.6 Å². The Hall–Kier alpha value is -0.790. The van der Waals surface area contributed by atoms with Gasteiger partial charge in [0.25, 0.3) is 0 Å². The average Bonchev–Trinajstić information content (AvgIpc) is 2.99. The third kappa shape index (κ3) is 3.85. The van der Waals surface area contributed by atoms with Crippen LogP contribution in [0.3, 0.4) is 0 Å². The molecule has 6 nitrogen and oxygen atoms in total. The molecule has 0 heterocycles. The van der Waals surface area contributed by atoms with Gasteiger partial charge in [-0.05, 0) is 100 Å². The topological polar surface area (TPSA) is 118 Å². The molecule has 0 radical (unpaired) electrons. The summed E-state index contributed by atoms with van der Waals surface area (Å²) in [5.74, 6) is -0.264. The number of ketones is 1. The van der Waals surface area contributed by atoms with E-state index in [4.69, 9.17) is 0 Å². The Morgan fingerprint density at radius 1 is 1.12 bits per heavy atom. The summed E-state index contributed by atoms with van der Waals surface area (Å²) in [6.07, 6.45) is 4.06. The Balaban J connectivity index is 1.62. The van der Waals surface area contributed by atoms with Crippen LogP contribution in [0.15, 0.2) is 11.6 Å². The maximum absolute atomic E-state index is 13.2. The zero-order chi connectivity index (χ0) is 24.6. The van der Waals surface area contributed by atoms with Gasteiger partial charge in [-0.3, -0.25) is 4.79 Å². The van der Waals surface area contributed by atoms with Gasteiger partial charge in [-0.25, -0.2) is 0 Å². The highest BCUT2D eigenvalue weighted by molar-refractivity contribution is 5.95. The summed E-state index contributed by atoms with van der Waals surface area (Å²) < 4.78 is 0. The van der Waals surface area contributed by atoms with Crippen LogP contribution >= 0.6 is 0 Å². The van der Waals surface area contributed by atoms with Gasteiger partial charge >= 0.3 is 0 Å². The number of fused-ring (bicyclic) bond motifs is 5. The summed E-state index contributed by atoms with van der Waals surface area (Å²) in [4.78, 5) is 13.2. The van der Waals surface area contributed by atoms with Crippen molar-refractivity contribution in [1.82, 2.24) is 0 Å². The van der Waals surface area contributed by atoms with E-state index >= 15 is 0 Å². The lowest BCUT2D eigenvalue weighted by Gasteiger charge is -2.60. The van der Waals surface area contributed by atoms with Gasteiger partial charge in [0.1, 0.15) is 0 Å². The number of hydrogen-bond donors (Lipinski definition) is 5. The highest BCUT2D eigenvalue weighted by atomic mass is 16.3. The standard InChI is InChI=1S/C27H44O6/c1-15(20(28)8-9-24(2,3)32)16-7-11-27(33)18-12-21(29)19-13-22(30)23(31)14-25(19,4)17(18)6-10-26(16,27)5/h12,15-17,19-20,22-23,28,30-33H,6-11,13-14H2,1-5H3/t15?,16-,17+,19+,20?,22-,23+,25-,26-,27-/m1/s1. The smallest absolute Gasteiger partial charge is 0.159 e. The van der Waals surface area contributed by atoms with Crippen molar-refractivity contribution in [3.8, 4) is 0 Å². The quantitative estimate of drug-likeness (QED) is 0.427. The Labute approximate surface area is 198 Å². The maximum atomic E-state index is 13.2. The molecular weight excluding hydrogens is 420 g/mol. The van der Waals surface area contributed by atoms with Crippen LogP contribution in [0.25, 0.3) is 0 Å². The lowest BCUT2D eigenvalue weighted by Crippen LogP contribution is -2.61. The van der Waals surface area contributed by atoms with Gasteiger partial charge in [0.05, 0.1) is 29.5 Å². The SMILES string of the molecule is CC(C(O)CCC(C)(C)O)[C@H]1CC[C@@]2(O)C3=CC(=O)[C@@H]4C[C@@H](O)[C@@H](O)C[C@]4(C)[C@H]3CC[C@]12C. The second kappa shape index (κ2) is 8.12. The van der Waals surface area contributed by atoms with Crippen molar-refractivity contribution >= 4 is 5.78 Å². The first-order valence-corrected chi connectivity index (χ1v) is 12.9. The molecule has 4 aliphatic carbocycles. The van der Waals surface area contributed by atoms with E-state index in [-0.39, 0.29) is 35.9 Å². The van der Waals surface area contributed by atoms with E-state index in [1.54, 1.807) is 19.9 Å². The summed E-state index contributed by atoms with van der Waals surface area (Å²) in [6.45, 7) is 9.74. The monoisotopic (exact) mass is 464 g/mol. The molecule has 10 atom stereocenters. The summed E-state index contributed by atoms with van der Waals surface area (Å²) in [5, 5.41) is 53.9. The number of rotatable bonds is 5. The van der Waals surface area contributed by atoms with Gasteiger partial charge in [-0.15, -0.1) is 0 Å². The molecule has 3 fully saturated rings. The van der Waals surface area contributed by atoms with Gasteiger partial charge in [0.15, 0.2) is 5.78 Å². The fourth-order valence-corrected chi connectivity index (χ4v) is 8.29. The molecule has 2 unspecified atom stereocenters. The molecule has 0 aliphatic heterocycles. The number of hydrogen-bond acceptors (Lipinski definition) is 6. The molecule has 0 aromatic heterocycles. The molecule has 0 spiro atoms. The van der Waals surface area contributed by atoms with E-state index in [1.165, 1.54) is 0 Å². The molecule has 0 aromatic rings. The summed E-state index contributed by atoms with van der Waals surface area (Å²) in [7, 11) is 0. The zero-order valence-electron chi connectivity index (χ0n) is 20.9. The number of allylic oxidation sites excluding steroid dienone is 1. The van der Waals surface area contributed by atoms with Crippen LogP contribution in [0, 0.1) is 34.5 Å². The molecule has 188 valence electrons. The number of carbonyl (C=O) groups excluding carboxylic acids is 1. The molecular formula is C27H44O6. The molecule has 0 amide bonds. The van der Waals surface area contributed by atoms with Gasteiger partial charge in [-0.1, -0.05) is 20.8 Å². The number of aliphatic hydroxyl groups excluding tert-OH is 3. The molecule has 3 saturated carbocycles. The molecule has 0 aromatic carbocycles. The fourth-order valence-electron chi connectivity index (χ4n) is 8.29. The van der Waals surface area contributed by atoms with E-state index in [9.17, 15) is 30.3 Å². The lowest BCUT2D eigenvalue weighted by molar-refractivity contribution is -0.154. The molecule has 4 aliphatic rings. The normalized spacial score (nSPS) is 47.3. The van der Waals surface area contributed by atoms with Crippen LogP contribution in [0.1, 0.15) is 86.0 Å². The number of aliphatic hydroxyl groups is 5. The third-order valence-electron chi connectivity index (χ3n) is 10.5. The van der Waals surface area contributed by atoms with E-state index in [1.807, 2.05) is 0 Å². The summed E-state index contributed by atoms with van der Waals surface area (Å²) in [6, 6.07) is 0. The predicted octanol–water partition coefficient (Wildman–Crippen LogP) is 2.74. The van der Waals surface area contributed by atoms with Crippen LogP contribution in [0.2, 0.25) is 0 Å². The molecule has 33 heavy (non-hydrogen) atoms. The van der Waals surface area contributed by atoms with Gasteiger partial charge in [-0.2, -0.15) is 0 Å². The Morgan fingerprint density at radius 3 is 2.42 bits per heavy atom. The third-order valence-corrected chi connectivity index (χ3v) is 10.5. The minimum Gasteiger partial charge on any atom is -0.393 e. The van der Waals surface area contributed by atoms with Crippen molar-refractivity contribution in [1.29, 1.82) is 0 Å². The molecule has 0 saturated heterocycles. The lowest BCUT2D eigenvalue weighted by atomic mass is 9.46. The molecule has 6 heteroatoms. The Kier molecular flexibility index (Phi) is 6.23. The van der Waals surface area contributed by atoms with Crippen LogP contribution in [-0.4, -0.2) is 60.8 Å². The van der Waals surface area contributed by atoms with Crippen LogP contribution in [-0.2, 0) is 4.79 Å². The predicted molar refractivity (Wildman–Crippen MR) is 125 cm³/mol. The van der Waals surface area contributed by atoms with Gasteiger partial charge < -0.3 is 25.5 Å². The van der Waals surface area contributed by atoms with Gasteiger partial charge in [0, 0.05) is 11.3 Å². The number of carbonyl (C=O) groups is 1. The van der Waals surface area contributed by atoms with Crippen molar-refractivity contribution < 1.29 is 30.3 Å². The highest BCUT2D eigenvalue weighted by Crippen LogP contribution is 2.68. The second-order valence-electron chi connectivity index (χ2n) is 12.9. The highest BCUT2D eigenvalue weighted by Gasteiger charge is 2.67. The molecule has 5 N–H and O–H groups in total. The zero-order valence-corrected chi connectivity index (χ0v) is 20.9. The second-order valence-corrected chi connectivity index (χ2v) is 12.9. The van der Waals surface area contributed by atoms with Crippen LogP contribution < -0.4 is 0 Å². The minimum atomic E-state index is -1.10. The molecule has 0 bridgehead atoms. The van der Waals surface area contributed by atoms with Crippen LogP contribution in [0.5, 0.6) is 0 Å². The van der Waals surface area contributed by atoms with E-state index in [2.05, 4.69) is 20.8 Å². The van der Waals surface area contributed by atoms with Crippen molar-refractivity contribution in [2.75, 3.05) is 0 Å². The van der Waals surface area contributed by atoms with E-state index < -0.39 is 40.3 Å². The maximum Gasteiger partial charge on any atom is 0.159 e. The Bertz CT molecular complexity index is 816. The van der Waals surface area contributed by atoms with Crippen LogP contribution in [0.4, 0.5) is 0 Å². The first-order chi connectivity index (χ1) is 15.1. The largest absolute Gasteiger partial charge is 0.393 e. The first kappa shape index (κ1) is 25.3. The van der Waals surface area contributed by atoms with E-state index in [0.29, 0.717) is 25.7 Å². The van der Waals surface area contributed by atoms with Crippen molar-refractivity contribution in [2.24, 2.45) is 34.5 Å². The average molecular weight is 465 g/mol. The summed E-state index contributed by atoms with van der Waals surface area (Å²) >= 11 is 0. The van der Waals surface area contributed by atoms with Gasteiger partial charge in [0.2, 0.25) is 0 Å². The van der Waals surface area contributed by atoms with Crippen molar-refractivity contribution in [2.45, 2.75) is 115 Å². The van der Waals surface area contributed by atoms with Crippen molar-refractivity contribution in [3.63, 3.8) is 0 Å².